The van der Waals surface area contributed by atoms with Crippen LogP contribution in [0.5, 0.6) is 0 Å². The van der Waals surface area contributed by atoms with Crippen molar-refractivity contribution in [2.24, 2.45) is 0 Å². The van der Waals surface area contributed by atoms with Gasteiger partial charge in [-0.2, -0.15) is 0 Å². The second-order valence-corrected chi connectivity index (χ2v) is 9.18. The van der Waals surface area contributed by atoms with Gasteiger partial charge in [0.25, 0.3) is 15.9 Å². The average Bonchev–Trinajstić information content (AvgIpc) is 3.11. The van der Waals surface area contributed by atoms with E-state index in [-0.39, 0.29) is 22.1 Å². The molecular weight excluding hydrogens is 459 g/mol. The van der Waals surface area contributed by atoms with Gasteiger partial charge in [0, 0.05) is 16.7 Å². The zero-order valence-corrected chi connectivity index (χ0v) is 17.5. The highest BCUT2D eigenvalue weighted by molar-refractivity contribution is 9.10. The van der Waals surface area contributed by atoms with Gasteiger partial charge < -0.3 is 4.90 Å². The lowest BCUT2D eigenvalue weighted by atomic mass is 10.1. The summed E-state index contributed by atoms with van der Waals surface area (Å²) in [4.78, 5) is 14.8. The van der Waals surface area contributed by atoms with E-state index in [9.17, 15) is 17.6 Å². The quantitative estimate of drug-likeness (QED) is 0.601. The topological polar surface area (TPSA) is 66.5 Å². The fourth-order valence-corrected chi connectivity index (χ4v) is 4.79. The third-order valence-corrected chi connectivity index (χ3v) is 6.58. The van der Waals surface area contributed by atoms with E-state index in [4.69, 9.17) is 0 Å². The number of nitrogens with one attached hydrogen (secondary N) is 1. The number of amides is 1. The van der Waals surface area contributed by atoms with Gasteiger partial charge >= 0.3 is 0 Å². The van der Waals surface area contributed by atoms with Gasteiger partial charge in [0.05, 0.1) is 16.1 Å². The molecule has 1 heterocycles. The molecular formula is C21H16BrFN2O3S. The summed E-state index contributed by atoms with van der Waals surface area (Å²) < 4.78 is 41.9. The minimum atomic E-state index is -3.97. The first-order valence-corrected chi connectivity index (χ1v) is 11.1. The number of nitrogens with zero attached hydrogens (tertiary/aromatic N) is 1. The molecule has 0 saturated carbocycles. The molecule has 1 amide bonds. The van der Waals surface area contributed by atoms with E-state index in [1.54, 1.807) is 23.1 Å². The van der Waals surface area contributed by atoms with E-state index in [0.29, 0.717) is 6.54 Å². The molecule has 5 nitrogen and oxygen atoms in total. The van der Waals surface area contributed by atoms with Crippen LogP contribution in [0.3, 0.4) is 0 Å². The maximum atomic E-state index is 13.2. The van der Waals surface area contributed by atoms with Crippen molar-refractivity contribution in [1.82, 2.24) is 0 Å². The highest BCUT2D eigenvalue weighted by Crippen LogP contribution is 2.33. The van der Waals surface area contributed by atoms with Crippen molar-refractivity contribution in [2.75, 3.05) is 16.2 Å². The number of para-hydroxylation sites is 1. The molecule has 148 valence electrons. The zero-order valence-electron chi connectivity index (χ0n) is 15.1. The van der Waals surface area contributed by atoms with E-state index in [0.717, 1.165) is 34.3 Å². The summed E-state index contributed by atoms with van der Waals surface area (Å²) in [6.07, 6.45) is 0.726. The molecule has 0 unspecified atom stereocenters. The van der Waals surface area contributed by atoms with Crippen molar-refractivity contribution in [2.45, 2.75) is 11.3 Å². The lowest BCUT2D eigenvalue weighted by Gasteiger charge is -2.20. The van der Waals surface area contributed by atoms with Crippen molar-refractivity contribution in [3.8, 4) is 0 Å². The van der Waals surface area contributed by atoms with E-state index in [2.05, 4.69) is 20.7 Å². The second-order valence-electron chi connectivity index (χ2n) is 6.58. The summed E-state index contributed by atoms with van der Waals surface area (Å²) in [6.45, 7) is 0.518. The maximum Gasteiger partial charge on any atom is 0.261 e. The first-order chi connectivity index (χ1) is 13.8. The van der Waals surface area contributed by atoms with E-state index < -0.39 is 15.8 Å². The third-order valence-electron chi connectivity index (χ3n) is 4.71. The van der Waals surface area contributed by atoms with Gasteiger partial charge in [-0.05, 0) is 66.6 Å². The smallest absolute Gasteiger partial charge is 0.261 e. The standard InChI is InChI=1S/C21H16BrFN2O3S/c22-15-5-10-20-14(13-15)11-12-25(20)21(26)18-3-1-2-4-19(18)24-29(27,28)17-8-6-16(23)7-9-17/h1-10,13,24H,11-12H2. The normalized spacial score (nSPS) is 13.2. The highest BCUT2D eigenvalue weighted by atomic mass is 79.9. The monoisotopic (exact) mass is 474 g/mol. The van der Waals surface area contributed by atoms with Crippen LogP contribution in [0, 0.1) is 5.82 Å². The van der Waals surface area contributed by atoms with E-state index in [1.807, 2.05) is 18.2 Å². The number of benzene rings is 3. The van der Waals surface area contributed by atoms with Gasteiger partial charge in [-0.3, -0.25) is 9.52 Å². The minimum absolute atomic E-state index is 0.0856. The molecule has 0 atom stereocenters. The molecule has 1 aliphatic heterocycles. The van der Waals surface area contributed by atoms with Crippen LogP contribution in [0.15, 0.2) is 76.1 Å². The molecule has 0 aromatic heterocycles. The van der Waals surface area contributed by atoms with Gasteiger partial charge in [-0.25, -0.2) is 12.8 Å². The fourth-order valence-electron chi connectivity index (χ4n) is 3.30. The van der Waals surface area contributed by atoms with E-state index in [1.165, 1.54) is 18.2 Å². The molecule has 0 fully saturated rings. The van der Waals surface area contributed by atoms with Crippen molar-refractivity contribution >= 4 is 43.2 Å². The Balaban J connectivity index is 1.66. The van der Waals surface area contributed by atoms with Crippen LogP contribution in [0.1, 0.15) is 15.9 Å². The van der Waals surface area contributed by atoms with Gasteiger partial charge in [0.15, 0.2) is 0 Å². The van der Waals surface area contributed by atoms with Gasteiger partial charge in [0.1, 0.15) is 5.82 Å². The van der Waals surface area contributed by atoms with Crippen LogP contribution in [0.25, 0.3) is 0 Å². The van der Waals surface area contributed by atoms with Gasteiger partial charge in [-0.1, -0.05) is 28.1 Å². The number of fused-ring (bicyclic) bond motifs is 1. The lowest BCUT2D eigenvalue weighted by molar-refractivity contribution is 0.0990. The van der Waals surface area contributed by atoms with Crippen LogP contribution in [0.2, 0.25) is 0 Å². The minimum Gasteiger partial charge on any atom is -0.308 e. The molecule has 3 aromatic rings. The van der Waals surface area contributed by atoms with Crippen molar-refractivity contribution in [3.63, 3.8) is 0 Å². The van der Waals surface area contributed by atoms with Crippen molar-refractivity contribution in [1.29, 1.82) is 0 Å². The number of hydrogen-bond donors (Lipinski definition) is 1. The summed E-state index contributed by atoms with van der Waals surface area (Å²) in [6, 6.07) is 16.7. The predicted octanol–water partition coefficient (Wildman–Crippen LogP) is 4.59. The molecule has 4 rings (SSSR count). The predicted molar refractivity (Wildman–Crippen MR) is 113 cm³/mol. The first-order valence-electron chi connectivity index (χ1n) is 8.83. The summed E-state index contributed by atoms with van der Waals surface area (Å²) in [5, 5.41) is 0. The lowest BCUT2D eigenvalue weighted by Crippen LogP contribution is -2.30. The SMILES string of the molecule is O=C(c1ccccc1NS(=O)(=O)c1ccc(F)cc1)N1CCc2cc(Br)ccc21. The van der Waals surface area contributed by atoms with Crippen LogP contribution >= 0.6 is 15.9 Å². The number of rotatable bonds is 4. The van der Waals surface area contributed by atoms with Crippen LogP contribution < -0.4 is 9.62 Å². The second kappa shape index (κ2) is 7.61. The van der Waals surface area contributed by atoms with Crippen LogP contribution in [-0.2, 0) is 16.4 Å². The van der Waals surface area contributed by atoms with E-state index >= 15 is 0 Å². The number of sulfonamides is 1. The molecule has 1 aliphatic rings. The molecule has 0 radical (unpaired) electrons. The number of carbonyl (C=O) groups excluding carboxylic acids is 1. The molecule has 3 aromatic carbocycles. The Bertz CT molecular complexity index is 1200. The molecule has 8 heteroatoms. The number of hydrogen-bond acceptors (Lipinski definition) is 3. The molecule has 0 aliphatic carbocycles. The summed E-state index contributed by atoms with van der Waals surface area (Å²) in [7, 11) is -3.97. The Kier molecular flexibility index (Phi) is 5.14. The average molecular weight is 475 g/mol. The Morgan fingerprint density at radius 3 is 2.52 bits per heavy atom. The third kappa shape index (κ3) is 3.90. The molecule has 0 bridgehead atoms. The molecule has 1 N–H and O–H groups in total. The Labute approximate surface area is 176 Å². The van der Waals surface area contributed by atoms with Crippen LogP contribution in [0.4, 0.5) is 15.8 Å². The summed E-state index contributed by atoms with van der Waals surface area (Å²) in [5.41, 5.74) is 2.29. The summed E-state index contributed by atoms with van der Waals surface area (Å²) >= 11 is 3.43. The van der Waals surface area contributed by atoms with Crippen LogP contribution in [-0.4, -0.2) is 20.9 Å². The molecule has 0 saturated heterocycles. The number of anilines is 2. The number of carbonyl (C=O) groups is 1. The first kappa shape index (κ1) is 19.6. The fraction of sp³-hybridized carbons (Fsp3) is 0.0952. The van der Waals surface area contributed by atoms with Crippen molar-refractivity contribution in [3.05, 3.63) is 88.1 Å². The zero-order chi connectivity index (χ0) is 20.6. The van der Waals surface area contributed by atoms with Gasteiger partial charge in [0.2, 0.25) is 0 Å². The Morgan fingerprint density at radius 2 is 1.76 bits per heavy atom. The Morgan fingerprint density at radius 1 is 1.03 bits per heavy atom. The summed E-state index contributed by atoms with van der Waals surface area (Å²) in [5.74, 6) is -0.817. The highest BCUT2D eigenvalue weighted by Gasteiger charge is 2.28. The van der Waals surface area contributed by atoms with Crippen molar-refractivity contribution < 1.29 is 17.6 Å². The molecule has 29 heavy (non-hydrogen) atoms. The largest absolute Gasteiger partial charge is 0.308 e. The van der Waals surface area contributed by atoms with Gasteiger partial charge in [-0.15, -0.1) is 0 Å². The number of halogens is 2. The Hall–Kier alpha value is -2.71. The maximum absolute atomic E-state index is 13.2. The molecule has 0 spiro atoms.